The van der Waals surface area contributed by atoms with Gasteiger partial charge in [0.1, 0.15) is 12.1 Å². The Bertz CT molecular complexity index is 1260. The molecule has 2 aromatic carbocycles. The van der Waals surface area contributed by atoms with Crippen molar-refractivity contribution in [1.29, 1.82) is 0 Å². The number of hydrogen-bond acceptors (Lipinski definition) is 4. The highest BCUT2D eigenvalue weighted by Gasteiger charge is 2.42. The summed E-state index contributed by atoms with van der Waals surface area (Å²) in [6, 6.07) is 16.2. The third-order valence-electron chi connectivity index (χ3n) is 7.20. The van der Waals surface area contributed by atoms with Crippen LogP contribution < -0.4 is 5.73 Å². The second-order valence-corrected chi connectivity index (χ2v) is 10.5. The molecule has 3 aromatic rings. The van der Waals surface area contributed by atoms with Crippen LogP contribution in [0, 0.1) is 5.92 Å². The maximum Gasteiger partial charge on any atom is 0.246 e. The Morgan fingerprint density at radius 3 is 2.41 bits per heavy atom. The lowest BCUT2D eigenvalue weighted by Crippen LogP contribution is -2.56. The zero-order valence-corrected chi connectivity index (χ0v) is 21.8. The Labute approximate surface area is 218 Å². The van der Waals surface area contributed by atoms with Gasteiger partial charge in [-0.15, -0.1) is 0 Å². The van der Waals surface area contributed by atoms with E-state index < -0.39 is 18.0 Å². The van der Waals surface area contributed by atoms with Crippen LogP contribution in [0.1, 0.15) is 44.7 Å². The van der Waals surface area contributed by atoms with Crippen LogP contribution in [0.15, 0.2) is 67.0 Å². The van der Waals surface area contributed by atoms with E-state index in [9.17, 15) is 14.4 Å². The minimum atomic E-state index is -0.785. The predicted molar refractivity (Wildman–Crippen MR) is 144 cm³/mol. The summed E-state index contributed by atoms with van der Waals surface area (Å²) in [6.07, 6.45) is 4.95. The molecule has 2 heterocycles. The summed E-state index contributed by atoms with van der Waals surface area (Å²) < 4.78 is 0. The van der Waals surface area contributed by atoms with E-state index in [4.69, 9.17) is 5.73 Å². The lowest BCUT2D eigenvalue weighted by atomic mass is 9.97. The maximum absolute atomic E-state index is 14.0. The van der Waals surface area contributed by atoms with Crippen molar-refractivity contribution >= 4 is 28.5 Å². The molecule has 1 aromatic heterocycles. The summed E-state index contributed by atoms with van der Waals surface area (Å²) >= 11 is 0. The van der Waals surface area contributed by atoms with Crippen molar-refractivity contribution in [1.82, 2.24) is 14.8 Å². The molecule has 0 radical (unpaired) electrons. The van der Waals surface area contributed by atoms with Gasteiger partial charge < -0.3 is 15.5 Å². The fourth-order valence-electron chi connectivity index (χ4n) is 5.30. The van der Waals surface area contributed by atoms with Gasteiger partial charge in [0.2, 0.25) is 17.7 Å². The molecular formula is C30H36N4O3. The molecule has 1 saturated heterocycles. The summed E-state index contributed by atoms with van der Waals surface area (Å²) in [7, 11) is 0. The van der Waals surface area contributed by atoms with Crippen LogP contribution in [0.2, 0.25) is 0 Å². The minimum absolute atomic E-state index is 0.0756. The fraction of sp³-hybridized carbons (Fsp3) is 0.400. The molecule has 0 bridgehead atoms. The first-order chi connectivity index (χ1) is 17.7. The third-order valence-corrected chi connectivity index (χ3v) is 7.20. The van der Waals surface area contributed by atoms with Crippen LogP contribution in [0.25, 0.3) is 10.8 Å². The number of nitrogens with two attached hydrogens (primary N) is 1. The average molecular weight is 501 g/mol. The molecule has 1 aliphatic rings. The molecule has 3 amide bonds. The molecule has 7 heteroatoms. The standard InChI is InChI=1S/C30H36N4O3/c1-20(2)16-27-30(37)33(26(29(31)36)18-22-10-13-32-14-11-22)15-12-21(3)34(27)28(35)19-23-8-9-24-6-4-5-7-25(24)17-23/h4-11,13-14,17,20-21,26-27H,12,15-16,18-19H2,1-3H3,(H2,31,36)/t21-,26+,27+/m1/s1. The highest BCUT2D eigenvalue weighted by atomic mass is 16.2. The van der Waals surface area contributed by atoms with Gasteiger partial charge in [-0.1, -0.05) is 56.3 Å². The zero-order valence-electron chi connectivity index (χ0n) is 21.8. The van der Waals surface area contributed by atoms with Crippen molar-refractivity contribution in [2.45, 2.75) is 64.6 Å². The molecule has 4 rings (SSSR count). The molecule has 194 valence electrons. The molecule has 37 heavy (non-hydrogen) atoms. The number of aromatic nitrogens is 1. The van der Waals surface area contributed by atoms with Crippen LogP contribution in [-0.2, 0) is 27.2 Å². The first-order valence-electron chi connectivity index (χ1n) is 13.0. The molecule has 3 atom stereocenters. The summed E-state index contributed by atoms with van der Waals surface area (Å²) in [5.41, 5.74) is 7.62. The van der Waals surface area contributed by atoms with E-state index >= 15 is 0 Å². The number of carbonyl (C=O) groups is 3. The Hall–Kier alpha value is -3.74. The summed E-state index contributed by atoms with van der Waals surface area (Å²) in [6.45, 7) is 6.45. The second kappa shape index (κ2) is 11.5. The highest BCUT2D eigenvalue weighted by molar-refractivity contribution is 5.93. The number of amides is 3. The van der Waals surface area contributed by atoms with Gasteiger partial charge in [-0.05, 0) is 59.7 Å². The van der Waals surface area contributed by atoms with Gasteiger partial charge in [0.15, 0.2) is 0 Å². The first kappa shape index (κ1) is 26.3. The van der Waals surface area contributed by atoms with Crippen molar-refractivity contribution in [3.8, 4) is 0 Å². The largest absolute Gasteiger partial charge is 0.368 e. The van der Waals surface area contributed by atoms with Crippen LogP contribution in [-0.4, -0.2) is 57.2 Å². The molecule has 0 spiro atoms. The Balaban J connectivity index is 1.62. The lowest BCUT2D eigenvalue weighted by molar-refractivity contribution is -0.148. The van der Waals surface area contributed by atoms with Gasteiger partial charge in [0.25, 0.3) is 0 Å². The van der Waals surface area contributed by atoms with E-state index in [-0.39, 0.29) is 30.2 Å². The van der Waals surface area contributed by atoms with E-state index in [0.29, 0.717) is 25.8 Å². The van der Waals surface area contributed by atoms with E-state index in [2.05, 4.69) is 4.98 Å². The number of nitrogens with zero attached hydrogens (tertiary/aromatic N) is 3. The number of fused-ring (bicyclic) bond motifs is 1. The van der Waals surface area contributed by atoms with Gasteiger partial charge in [0.05, 0.1) is 6.42 Å². The number of pyridine rings is 1. The maximum atomic E-state index is 14.0. The van der Waals surface area contributed by atoms with Crippen molar-refractivity contribution < 1.29 is 14.4 Å². The van der Waals surface area contributed by atoms with Gasteiger partial charge in [0, 0.05) is 31.4 Å². The summed E-state index contributed by atoms with van der Waals surface area (Å²) in [4.78, 5) is 47.8. The molecular weight excluding hydrogens is 464 g/mol. The van der Waals surface area contributed by atoms with Crippen LogP contribution in [0.5, 0.6) is 0 Å². The zero-order chi connectivity index (χ0) is 26.5. The quantitative estimate of drug-likeness (QED) is 0.510. The number of carbonyl (C=O) groups excluding carboxylic acids is 3. The SMILES string of the molecule is CC(C)C[C@H]1C(=O)N([C@@H](Cc2ccncc2)C(N)=O)CC[C@@H](C)N1C(=O)Cc1ccc2ccccc2c1. The van der Waals surface area contributed by atoms with E-state index in [0.717, 1.165) is 21.9 Å². The smallest absolute Gasteiger partial charge is 0.246 e. The molecule has 0 unspecified atom stereocenters. The van der Waals surface area contributed by atoms with Crippen LogP contribution in [0.3, 0.4) is 0 Å². The molecule has 7 nitrogen and oxygen atoms in total. The summed E-state index contributed by atoms with van der Waals surface area (Å²) in [5, 5.41) is 2.20. The Morgan fingerprint density at radius 2 is 1.73 bits per heavy atom. The van der Waals surface area contributed by atoms with Crippen molar-refractivity contribution in [3.63, 3.8) is 0 Å². The van der Waals surface area contributed by atoms with Crippen molar-refractivity contribution in [3.05, 3.63) is 78.1 Å². The average Bonchev–Trinajstić information content (AvgIpc) is 2.98. The van der Waals surface area contributed by atoms with E-state index in [1.807, 2.05) is 75.4 Å². The molecule has 0 aliphatic carbocycles. The lowest BCUT2D eigenvalue weighted by Gasteiger charge is -2.36. The normalized spacial score (nSPS) is 19.2. The van der Waals surface area contributed by atoms with Crippen molar-refractivity contribution in [2.24, 2.45) is 11.7 Å². The summed E-state index contributed by atoms with van der Waals surface area (Å²) in [5.74, 6) is -0.641. The van der Waals surface area contributed by atoms with E-state index in [1.54, 1.807) is 22.2 Å². The van der Waals surface area contributed by atoms with Crippen LogP contribution in [0.4, 0.5) is 0 Å². The third kappa shape index (κ3) is 6.16. The van der Waals surface area contributed by atoms with E-state index in [1.165, 1.54) is 0 Å². The van der Waals surface area contributed by atoms with Gasteiger partial charge >= 0.3 is 0 Å². The number of hydrogen-bond donors (Lipinski definition) is 1. The molecule has 2 N–H and O–H groups in total. The molecule has 0 saturated carbocycles. The van der Waals surface area contributed by atoms with Gasteiger partial charge in [-0.25, -0.2) is 0 Å². The first-order valence-corrected chi connectivity index (χ1v) is 13.0. The van der Waals surface area contributed by atoms with Gasteiger partial charge in [-0.2, -0.15) is 0 Å². The Kier molecular flexibility index (Phi) is 8.21. The molecule has 1 aliphatic heterocycles. The predicted octanol–water partition coefficient (Wildman–Crippen LogP) is 3.74. The molecule has 1 fully saturated rings. The monoisotopic (exact) mass is 500 g/mol. The number of primary amides is 1. The highest BCUT2D eigenvalue weighted by Crippen LogP contribution is 2.26. The fourth-order valence-corrected chi connectivity index (χ4v) is 5.30. The van der Waals surface area contributed by atoms with Crippen molar-refractivity contribution in [2.75, 3.05) is 6.54 Å². The minimum Gasteiger partial charge on any atom is -0.368 e. The van der Waals surface area contributed by atoms with Crippen LogP contribution >= 0.6 is 0 Å². The second-order valence-electron chi connectivity index (χ2n) is 10.5. The number of benzene rings is 2. The Morgan fingerprint density at radius 1 is 1.03 bits per heavy atom. The number of rotatable bonds is 8. The topological polar surface area (TPSA) is 96.6 Å². The van der Waals surface area contributed by atoms with Gasteiger partial charge in [-0.3, -0.25) is 19.4 Å².